The van der Waals surface area contributed by atoms with E-state index in [0.717, 1.165) is 28.8 Å². The molecule has 20 heavy (non-hydrogen) atoms. The summed E-state index contributed by atoms with van der Waals surface area (Å²) in [7, 11) is 0. The van der Waals surface area contributed by atoms with Crippen molar-refractivity contribution in [3.05, 3.63) is 46.5 Å². The first-order chi connectivity index (χ1) is 9.75. The molecule has 0 amide bonds. The molecule has 2 heterocycles. The third-order valence-corrected chi connectivity index (χ3v) is 4.19. The highest BCUT2D eigenvalue weighted by Gasteiger charge is 2.07. The van der Waals surface area contributed by atoms with Crippen molar-refractivity contribution in [2.75, 3.05) is 12.3 Å². The Morgan fingerprint density at radius 2 is 2.15 bits per heavy atom. The summed E-state index contributed by atoms with van der Waals surface area (Å²) in [5.41, 5.74) is 10.3. The van der Waals surface area contributed by atoms with Crippen LogP contribution < -0.4 is 10.5 Å². The van der Waals surface area contributed by atoms with E-state index in [1.54, 1.807) is 17.5 Å². The predicted molar refractivity (Wildman–Crippen MR) is 82.2 cm³/mol. The van der Waals surface area contributed by atoms with Crippen molar-refractivity contribution in [3.8, 4) is 5.75 Å². The van der Waals surface area contributed by atoms with E-state index in [1.165, 1.54) is 4.88 Å². The Kier molecular flexibility index (Phi) is 3.52. The van der Waals surface area contributed by atoms with Gasteiger partial charge in [0.15, 0.2) is 0 Å². The van der Waals surface area contributed by atoms with Gasteiger partial charge in [0, 0.05) is 22.9 Å². The highest BCUT2D eigenvalue weighted by Crippen LogP contribution is 2.28. The van der Waals surface area contributed by atoms with Gasteiger partial charge in [0.25, 0.3) is 0 Å². The van der Waals surface area contributed by atoms with Crippen molar-refractivity contribution in [2.24, 2.45) is 0 Å². The van der Waals surface area contributed by atoms with E-state index in [4.69, 9.17) is 10.5 Å². The molecule has 1 aromatic carbocycles. The summed E-state index contributed by atoms with van der Waals surface area (Å²) in [6, 6.07) is 7.61. The van der Waals surface area contributed by atoms with Crippen LogP contribution in [-0.4, -0.2) is 16.6 Å². The highest BCUT2D eigenvalue weighted by molar-refractivity contribution is 7.09. The lowest BCUT2D eigenvalue weighted by Gasteiger charge is -2.10. The molecule has 3 rings (SSSR count). The van der Waals surface area contributed by atoms with Gasteiger partial charge in [-0.2, -0.15) is 0 Å². The van der Waals surface area contributed by atoms with Gasteiger partial charge in [-0.1, -0.05) is 0 Å². The monoisotopic (exact) mass is 285 g/mol. The molecule has 2 aromatic heterocycles. The molecule has 0 atom stereocenters. The fraction of sp³-hybridized carbons (Fsp3) is 0.200. The molecule has 0 aliphatic carbocycles. The number of hydrogen-bond acceptors (Lipinski definition) is 5. The zero-order chi connectivity index (χ0) is 13.9. The number of pyridine rings is 1. The molecule has 0 saturated carbocycles. The fourth-order valence-electron chi connectivity index (χ4n) is 2.11. The number of nitrogen functional groups attached to an aromatic ring is 1. The van der Waals surface area contributed by atoms with Crippen LogP contribution in [0.15, 0.2) is 36.0 Å². The first-order valence-electron chi connectivity index (χ1n) is 6.40. The van der Waals surface area contributed by atoms with Crippen LogP contribution in [0.4, 0.5) is 5.69 Å². The molecule has 0 radical (unpaired) electrons. The topological polar surface area (TPSA) is 61.0 Å². The van der Waals surface area contributed by atoms with Gasteiger partial charge in [-0.25, -0.2) is 4.98 Å². The Balaban J connectivity index is 1.78. The Morgan fingerprint density at radius 1 is 1.25 bits per heavy atom. The minimum Gasteiger partial charge on any atom is -0.493 e. The third-order valence-electron chi connectivity index (χ3n) is 3.19. The van der Waals surface area contributed by atoms with Gasteiger partial charge >= 0.3 is 0 Å². The molecule has 0 saturated heterocycles. The number of fused-ring (bicyclic) bond motifs is 1. The fourth-order valence-corrected chi connectivity index (χ4v) is 2.88. The van der Waals surface area contributed by atoms with Crippen LogP contribution in [0.3, 0.4) is 0 Å². The van der Waals surface area contributed by atoms with Gasteiger partial charge in [-0.3, -0.25) is 4.98 Å². The number of aromatic nitrogens is 2. The molecule has 0 spiro atoms. The largest absolute Gasteiger partial charge is 0.493 e. The second-order valence-corrected chi connectivity index (χ2v) is 5.45. The lowest BCUT2D eigenvalue weighted by Crippen LogP contribution is -2.02. The van der Waals surface area contributed by atoms with Crippen LogP contribution in [0.5, 0.6) is 5.75 Å². The maximum Gasteiger partial charge on any atom is 0.128 e. The van der Waals surface area contributed by atoms with E-state index in [2.05, 4.69) is 9.97 Å². The van der Waals surface area contributed by atoms with Gasteiger partial charge in [-0.15, -0.1) is 11.3 Å². The van der Waals surface area contributed by atoms with Crippen molar-refractivity contribution >= 4 is 27.9 Å². The van der Waals surface area contributed by atoms with Crippen LogP contribution in [0.2, 0.25) is 0 Å². The summed E-state index contributed by atoms with van der Waals surface area (Å²) >= 11 is 1.67. The Hall–Kier alpha value is -2.14. The number of ether oxygens (including phenoxy) is 1. The third kappa shape index (κ3) is 2.44. The smallest absolute Gasteiger partial charge is 0.128 e. The first kappa shape index (κ1) is 12.9. The van der Waals surface area contributed by atoms with Crippen LogP contribution >= 0.6 is 11.3 Å². The molecule has 2 N–H and O–H groups in total. The standard InChI is InChI=1S/C15H15N3OS/c1-10-14(20-9-18-10)6-8-19-13-5-4-12(16)15-11(13)3-2-7-17-15/h2-5,7,9H,6,8,16H2,1H3. The molecular weight excluding hydrogens is 270 g/mol. The maximum atomic E-state index is 5.93. The van der Waals surface area contributed by atoms with Crippen molar-refractivity contribution in [1.82, 2.24) is 9.97 Å². The molecule has 102 valence electrons. The minimum absolute atomic E-state index is 0.622. The van der Waals surface area contributed by atoms with E-state index in [-0.39, 0.29) is 0 Å². The first-order valence-corrected chi connectivity index (χ1v) is 7.28. The second kappa shape index (κ2) is 5.46. The highest BCUT2D eigenvalue weighted by atomic mass is 32.1. The second-order valence-electron chi connectivity index (χ2n) is 4.51. The average molecular weight is 285 g/mol. The molecule has 5 heteroatoms. The minimum atomic E-state index is 0.622. The number of rotatable bonds is 4. The van der Waals surface area contributed by atoms with E-state index in [9.17, 15) is 0 Å². The zero-order valence-corrected chi connectivity index (χ0v) is 12.0. The number of aryl methyl sites for hydroxylation is 1. The van der Waals surface area contributed by atoms with Gasteiger partial charge in [-0.05, 0) is 31.2 Å². The van der Waals surface area contributed by atoms with Crippen molar-refractivity contribution in [2.45, 2.75) is 13.3 Å². The number of anilines is 1. The van der Waals surface area contributed by atoms with Crippen LogP contribution in [0, 0.1) is 6.92 Å². The summed E-state index contributed by atoms with van der Waals surface area (Å²) in [6.07, 6.45) is 2.60. The molecule has 0 aliphatic rings. The summed E-state index contributed by atoms with van der Waals surface area (Å²) in [6.45, 7) is 2.64. The lowest BCUT2D eigenvalue weighted by molar-refractivity contribution is 0.326. The molecule has 3 aromatic rings. The Bertz CT molecular complexity index is 739. The SMILES string of the molecule is Cc1ncsc1CCOc1ccc(N)c2ncccc12. The number of thiazole rings is 1. The summed E-state index contributed by atoms with van der Waals surface area (Å²) in [4.78, 5) is 9.81. The molecule has 0 fully saturated rings. The zero-order valence-electron chi connectivity index (χ0n) is 11.2. The normalized spacial score (nSPS) is 10.8. The molecule has 0 aliphatic heterocycles. The Morgan fingerprint density at radius 3 is 2.95 bits per heavy atom. The average Bonchev–Trinajstić information content (AvgIpc) is 2.87. The van der Waals surface area contributed by atoms with E-state index < -0.39 is 0 Å². The number of benzene rings is 1. The van der Waals surface area contributed by atoms with Crippen LogP contribution in [0.25, 0.3) is 10.9 Å². The summed E-state index contributed by atoms with van der Waals surface area (Å²) < 4.78 is 5.89. The lowest BCUT2D eigenvalue weighted by atomic mass is 10.2. The predicted octanol–water partition coefficient (Wildman–Crippen LogP) is 3.20. The van der Waals surface area contributed by atoms with Crippen molar-refractivity contribution in [1.29, 1.82) is 0 Å². The van der Waals surface area contributed by atoms with E-state index >= 15 is 0 Å². The number of hydrogen-bond donors (Lipinski definition) is 1. The van der Waals surface area contributed by atoms with Gasteiger partial charge < -0.3 is 10.5 Å². The van der Waals surface area contributed by atoms with Crippen molar-refractivity contribution in [3.63, 3.8) is 0 Å². The summed E-state index contributed by atoms with van der Waals surface area (Å²) in [5.74, 6) is 0.824. The van der Waals surface area contributed by atoms with E-state index in [1.807, 2.05) is 36.7 Å². The van der Waals surface area contributed by atoms with Crippen LogP contribution in [-0.2, 0) is 6.42 Å². The van der Waals surface area contributed by atoms with Gasteiger partial charge in [0.05, 0.1) is 29.0 Å². The molecule has 4 nitrogen and oxygen atoms in total. The Labute approximate surface area is 121 Å². The molecular formula is C15H15N3OS. The maximum absolute atomic E-state index is 5.93. The van der Waals surface area contributed by atoms with Gasteiger partial charge in [0.2, 0.25) is 0 Å². The quantitative estimate of drug-likeness (QED) is 0.748. The van der Waals surface area contributed by atoms with Gasteiger partial charge in [0.1, 0.15) is 5.75 Å². The molecule has 0 unspecified atom stereocenters. The van der Waals surface area contributed by atoms with E-state index in [0.29, 0.717) is 12.3 Å². The summed E-state index contributed by atoms with van der Waals surface area (Å²) in [5, 5.41) is 0.952. The molecule has 0 bridgehead atoms. The number of nitrogens with zero attached hydrogens (tertiary/aromatic N) is 2. The number of nitrogens with two attached hydrogens (primary N) is 1. The van der Waals surface area contributed by atoms with Crippen LogP contribution in [0.1, 0.15) is 10.6 Å². The van der Waals surface area contributed by atoms with Crippen molar-refractivity contribution < 1.29 is 4.74 Å².